The molecule has 0 bridgehead atoms. The molecule has 132 valence electrons. The van der Waals surface area contributed by atoms with Gasteiger partial charge in [0.1, 0.15) is 4.21 Å². The molecule has 10 heteroatoms. The monoisotopic (exact) mass is 444 g/mol. The van der Waals surface area contributed by atoms with Crippen LogP contribution in [0.2, 0.25) is 0 Å². The van der Waals surface area contributed by atoms with Gasteiger partial charge in [0, 0.05) is 0 Å². The van der Waals surface area contributed by atoms with Gasteiger partial charge in [0.2, 0.25) is 0 Å². The average Bonchev–Trinajstić information content (AvgIpc) is 3.16. The van der Waals surface area contributed by atoms with Crippen LogP contribution >= 0.6 is 27.3 Å². The number of nitrogens with zero attached hydrogens (tertiary/aromatic N) is 1. The van der Waals surface area contributed by atoms with Gasteiger partial charge in [-0.1, -0.05) is 30.3 Å². The van der Waals surface area contributed by atoms with Gasteiger partial charge in [0.05, 0.1) is 16.4 Å². The number of benzene rings is 1. The number of imide groups is 1. The number of carbonyl (C=O) groups excluding carboxylic acids is 2. The van der Waals surface area contributed by atoms with E-state index in [4.69, 9.17) is 0 Å². The number of nitrogens with one attached hydrogen (secondary N) is 1. The number of halogens is 1. The fourth-order valence-corrected chi connectivity index (χ4v) is 5.57. The van der Waals surface area contributed by atoms with Crippen molar-refractivity contribution in [3.05, 3.63) is 51.8 Å². The average molecular weight is 445 g/mol. The molecule has 1 fully saturated rings. The normalized spacial score (nSPS) is 16.1. The number of thiophene rings is 1. The molecule has 1 saturated heterocycles. The Kier molecular flexibility index (Phi) is 5.23. The van der Waals surface area contributed by atoms with E-state index < -0.39 is 28.1 Å². The first-order chi connectivity index (χ1) is 11.9. The van der Waals surface area contributed by atoms with Crippen molar-refractivity contribution in [3.63, 3.8) is 0 Å². The largest absolute Gasteiger partial charge is 0.439 e. The third-order valence-electron chi connectivity index (χ3n) is 3.52. The van der Waals surface area contributed by atoms with Gasteiger partial charge >= 0.3 is 6.09 Å². The summed E-state index contributed by atoms with van der Waals surface area (Å²) < 4.78 is 33.3. The van der Waals surface area contributed by atoms with E-state index in [1.807, 2.05) is 0 Å². The van der Waals surface area contributed by atoms with Gasteiger partial charge in [-0.05, 0) is 33.6 Å². The predicted octanol–water partition coefficient (Wildman–Crippen LogP) is 2.51. The lowest BCUT2D eigenvalue weighted by molar-refractivity contribution is -0.126. The summed E-state index contributed by atoms with van der Waals surface area (Å²) in [5.74, 6) is -0.496. The smallest absolute Gasteiger partial charge is 0.417 e. The fourth-order valence-electron chi connectivity index (χ4n) is 2.32. The Balaban J connectivity index is 1.89. The number of cyclic esters (lactones) is 1. The van der Waals surface area contributed by atoms with Crippen LogP contribution in [0.1, 0.15) is 11.6 Å². The van der Waals surface area contributed by atoms with Crippen molar-refractivity contribution in [2.45, 2.75) is 10.3 Å². The number of ether oxygens (including phenoxy) is 1. The predicted molar refractivity (Wildman–Crippen MR) is 94.6 cm³/mol. The van der Waals surface area contributed by atoms with Crippen LogP contribution < -0.4 is 4.72 Å². The fraction of sp³-hybridized carbons (Fsp3) is 0.200. The lowest BCUT2D eigenvalue weighted by atomic mass is 10.1. The Labute approximate surface area is 156 Å². The molecule has 0 radical (unpaired) electrons. The molecule has 0 aliphatic carbocycles. The Bertz CT molecular complexity index is 882. The minimum absolute atomic E-state index is 0.135. The summed E-state index contributed by atoms with van der Waals surface area (Å²) >= 11 is 4.30. The van der Waals surface area contributed by atoms with Crippen molar-refractivity contribution in [2.24, 2.45) is 0 Å². The van der Waals surface area contributed by atoms with Gasteiger partial charge in [0.25, 0.3) is 15.9 Å². The zero-order chi connectivity index (χ0) is 18.0. The van der Waals surface area contributed by atoms with E-state index in [0.29, 0.717) is 9.35 Å². The van der Waals surface area contributed by atoms with Crippen molar-refractivity contribution < 1.29 is 22.7 Å². The van der Waals surface area contributed by atoms with Crippen LogP contribution in [0.15, 0.2) is 50.5 Å². The lowest BCUT2D eigenvalue weighted by Gasteiger charge is -2.22. The van der Waals surface area contributed by atoms with Crippen molar-refractivity contribution >= 4 is 49.3 Å². The Morgan fingerprint density at radius 3 is 2.48 bits per heavy atom. The number of rotatable bonds is 6. The molecule has 1 aliphatic rings. The highest BCUT2D eigenvalue weighted by Gasteiger charge is 2.34. The van der Waals surface area contributed by atoms with E-state index >= 15 is 0 Å². The van der Waals surface area contributed by atoms with Crippen LogP contribution in [0.25, 0.3) is 0 Å². The molecule has 2 aromatic rings. The molecule has 7 nitrogen and oxygen atoms in total. The Hall–Kier alpha value is -1.75. The molecule has 1 N–H and O–H groups in total. The van der Waals surface area contributed by atoms with E-state index in [1.54, 1.807) is 36.4 Å². The highest BCUT2D eigenvalue weighted by Crippen LogP contribution is 2.28. The standard InChI is InChI=1S/C15H13BrN2O5S2/c16-12-6-7-14(24-12)25(21,22)17-11(10-4-2-1-3-5-10)8-18-13(19)9-23-15(18)20/h1-7,11,17H,8-9H2. The minimum Gasteiger partial charge on any atom is -0.439 e. The summed E-state index contributed by atoms with van der Waals surface area (Å²) in [5, 5.41) is 0. The molecule has 1 atom stereocenters. The summed E-state index contributed by atoms with van der Waals surface area (Å²) in [6.45, 7) is -0.474. The second kappa shape index (κ2) is 7.24. The first kappa shape index (κ1) is 18.1. The van der Waals surface area contributed by atoms with Crippen LogP contribution in [-0.4, -0.2) is 38.5 Å². The molecule has 2 heterocycles. The zero-order valence-corrected chi connectivity index (χ0v) is 15.9. The summed E-state index contributed by atoms with van der Waals surface area (Å²) in [5.41, 5.74) is 0.634. The van der Waals surface area contributed by atoms with Crippen molar-refractivity contribution in [3.8, 4) is 0 Å². The number of hydrogen-bond acceptors (Lipinski definition) is 6. The molecular formula is C15H13BrN2O5S2. The van der Waals surface area contributed by atoms with Crippen molar-refractivity contribution in [1.29, 1.82) is 0 Å². The number of hydrogen-bond donors (Lipinski definition) is 1. The molecule has 25 heavy (non-hydrogen) atoms. The SMILES string of the molecule is O=C1COC(=O)N1CC(NS(=O)(=O)c1ccc(Br)s1)c1ccccc1. The molecule has 0 saturated carbocycles. The quantitative estimate of drug-likeness (QED) is 0.738. The van der Waals surface area contributed by atoms with Crippen LogP contribution in [0.4, 0.5) is 4.79 Å². The maximum atomic E-state index is 12.6. The van der Waals surface area contributed by atoms with Crippen molar-refractivity contribution in [2.75, 3.05) is 13.2 Å². The van der Waals surface area contributed by atoms with Crippen LogP contribution in [0.5, 0.6) is 0 Å². The summed E-state index contributed by atoms with van der Waals surface area (Å²) in [6, 6.07) is 11.1. The molecule has 1 aromatic carbocycles. The van der Waals surface area contributed by atoms with Gasteiger partial charge in [-0.25, -0.2) is 22.8 Å². The number of amides is 2. The van der Waals surface area contributed by atoms with E-state index in [9.17, 15) is 18.0 Å². The van der Waals surface area contributed by atoms with Crippen LogP contribution in [-0.2, 0) is 19.6 Å². The number of carbonyl (C=O) groups is 2. The second-order valence-corrected chi connectivity index (χ2v) is 9.61. The first-order valence-electron chi connectivity index (χ1n) is 7.16. The minimum atomic E-state index is -3.81. The molecule has 1 unspecified atom stereocenters. The van der Waals surface area contributed by atoms with Gasteiger partial charge in [0.15, 0.2) is 6.61 Å². The molecule has 1 aliphatic heterocycles. The molecular weight excluding hydrogens is 432 g/mol. The number of sulfonamides is 1. The van der Waals surface area contributed by atoms with E-state index in [-0.39, 0.29) is 17.4 Å². The summed E-state index contributed by atoms with van der Waals surface area (Å²) in [6.07, 6.45) is -0.774. The molecule has 1 aromatic heterocycles. The first-order valence-corrected chi connectivity index (χ1v) is 10.3. The second-order valence-electron chi connectivity index (χ2n) is 5.20. The van der Waals surface area contributed by atoms with E-state index in [0.717, 1.165) is 16.2 Å². The molecule has 0 spiro atoms. The highest BCUT2D eigenvalue weighted by molar-refractivity contribution is 9.11. The topological polar surface area (TPSA) is 92.8 Å². The van der Waals surface area contributed by atoms with Crippen LogP contribution in [0.3, 0.4) is 0 Å². The lowest BCUT2D eigenvalue weighted by Crippen LogP contribution is -2.40. The summed E-state index contributed by atoms with van der Waals surface area (Å²) in [4.78, 5) is 24.4. The third kappa shape index (κ3) is 4.09. The Morgan fingerprint density at radius 2 is 1.92 bits per heavy atom. The van der Waals surface area contributed by atoms with Crippen molar-refractivity contribution in [1.82, 2.24) is 9.62 Å². The van der Waals surface area contributed by atoms with Gasteiger partial charge in [-0.3, -0.25) is 4.79 Å². The summed E-state index contributed by atoms with van der Waals surface area (Å²) in [7, 11) is -3.81. The third-order valence-corrected chi connectivity index (χ3v) is 7.11. The van der Waals surface area contributed by atoms with Gasteiger partial charge in [-0.2, -0.15) is 0 Å². The van der Waals surface area contributed by atoms with E-state index in [2.05, 4.69) is 25.4 Å². The highest BCUT2D eigenvalue weighted by atomic mass is 79.9. The van der Waals surface area contributed by atoms with Crippen LogP contribution in [0, 0.1) is 0 Å². The zero-order valence-electron chi connectivity index (χ0n) is 12.7. The van der Waals surface area contributed by atoms with Gasteiger partial charge in [-0.15, -0.1) is 11.3 Å². The van der Waals surface area contributed by atoms with E-state index in [1.165, 1.54) is 6.07 Å². The maximum Gasteiger partial charge on any atom is 0.417 e. The molecule has 2 amide bonds. The molecule has 3 rings (SSSR count). The van der Waals surface area contributed by atoms with Gasteiger partial charge < -0.3 is 4.74 Å². The maximum absolute atomic E-state index is 12.6. The Morgan fingerprint density at radius 1 is 1.20 bits per heavy atom.